The van der Waals surface area contributed by atoms with Crippen LogP contribution >= 0.6 is 0 Å². The summed E-state index contributed by atoms with van der Waals surface area (Å²) in [6, 6.07) is 5.00. The molecule has 1 aromatic rings. The Morgan fingerprint density at radius 2 is 2.17 bits per heavy atom. The second-order valence-electron chi connectivity index (χ2n) is 4.06. The number of phenolic OH excluding ortho intramolecular Hbond substituents is 1. The summed E-state index contributed by atoms with van der Waals surface area (Å²) in [6.07, 6.45) is 0. The highest BCUT2D eigenvalue weighted by Crippen LogP contribution is 2.30. The van der Waals surface area contributed by atoms with Crippen LogP contribution in [-0.2, 0) is 4.79 Å². The van der Waals surface area contributed by atoms with Crippen LogP contribution in [0, 0.1) is 0 Å². The quantitative estimate of drug-likeness (QED) is 0.810. The Morgan fingerprint density at radius 1 is 1.50 bits per heavy atom. The van der Waals surface area contributed by atoms with Crippen LogP contribution < -0.4 is 4.74 Å². The van der Waals surface area contributed by atoms with Gasteiger partial charge in [-0.3, -0.25) is 9.69 Å². The first kappa shape index (κ1) is 14.3. The van der Waals surface area contributed by atoms with Gasteiger partial charge in [0.2, 0.25) is 0 Å². The van der Waals surface area contributed by atoms with Gasteiger partial charge in [0.15, 0.2) is 11.5 Å². The zero-order valence-corrected chi connectivity index (χ0v) is 10.9. The maximum atomic E-state index is 10.8. The van der Waals surface area contributed by atoms with E-state index >= 15 is 0 Å². The topological polar surface area (TPSA) is 70.0 Å². The Hall–Kier alpha value is -1.75. The maximum absolute atomic E-state index is 10.8. The second kappa shape index (κ2) is 6.26. The Kier molecular flexibility index (Phi) is 4.97. The van der Waals surface area contributed by atoms with Gasteiger partial charge in [-0.15, -0.1) is 0 Å². The highest BCUT2D eigenvalue weighted by molar-refractivity contribution is 5.69. The molecule has 0 aliphatic rings. The van der Waals surface area contributed by atoms with Gasteiger partial charge < -0.3 is 14.9 Å². The summed E-state index contributed by atoms with van der Waals surface area (Å²) < 4.78 is 5.05. The van der Waals surface area contributed by atoms with E-state index in [1.165, 1.54) is 7.11 Å². The third-order valence-corrected chi connectivity index (χ3v) is 2.98. The van der Waals surface area contributed by atoms with E-state index in [-0.39, 0.29) is 18.3 Å². The fourth-order valence-corrected chi connectivity index (χ4v) is 1.86. The van der Waals surface area contributed by atoms with Gasteiger partial charge in [-0.2, -0.15) is 0 Å². The molecular formula is C13H19NO4. The number of nitrogens with zero attached hydrogens (tertiary/aromatic N) is 1. The van der Waals surface area contributed by atoms with Crippen LogP contribution in [0.5, 0.6) is 11.5 Å². The van der Waals surface area contributed by atoms with Gasteiger partial charge in [0, 0.05) is 6.04 Å². The molecule has 5 heteroatoms. The lowest BCUT2D eigenvalue weighted by atomic mass is 10.1. The van der Waals surface area contributed by atoms with Gasteiger partial charge >= 0.3 is 5.97 Å². The number of carbonyl (C=O) groups is 1. The molecule has 1 atom stereocenters. The third-order valence-electron chi connectivity index (χ3n) is 2.98. The molecule has 2 N–H and O–H groups in total. The Bertz CT molecular complexity index is 419. The zero-order valence-electron chi connectivity index (χ0n) is 10.9. The lowest BCUT2D eigenvalue weighted by Gasteiger charge is -2.26. The highest BCUT2D eigenvalue weighted by Gasteiger charge is 2.18. The molecule has 1 aromatic carbocycles. The third kappa shape index (κ3) is 3.37. The Labute approximate surface area is 107 Å². The Morgan fingerprint density at radius 3 is 2.67 bits per heavy atom. The van der Waals surface area contributed by atoms with Gasteiger partial charge in [0.05, 0.1) is 13.7 Å². The molecular weight excluding hydrogens is 234 g/mol. The number of carboxylic acids is 1. The fourth-order valence-electron chi connectivity index (χ4n) is 1.86. The van der Waals surface area contributed by atoms with Gasteiger partial charge in [0.25, 0.3) is 0 Å². The van der Waals surface area contributed by atoms with Crippen molar-refractivity contribution in [2.45, 2.75) is 19.9 Å². The van der Waals surface area contributed by atoms with Crippen LogP contribution in [0.15, 0.2) is 18.2 Å². The minimum atomic E-state index is -0.852. The van der Waals surface area contributed by atoms with E-state index in [0.717, 1.165) is 5.56 Å². The lowest BCUT2D eigenvalue weighted by molar-refractivity contribution is -0.138. The van der Waals surface area contributed by atoms with E-state index in [1.807, 2.05) is 18.7 Å². The first-order chi connectivity index (χ1) is 8.49. The standard InChI is InChI=1S/C13H19NO4/c1-4-14(8-13(16)17)9(2)10-5-6-11(15)12(7-10)18-3/h5-7,9,15H,4,8H2,1-3H3,(H,16,17). The van der Waals surface area contributed by atoms with Gasteiger partial charge in [-0.05, 0) is 31.2 Å². The number of hydrogen-bond donors (Lipinski definition) is 2. The molecule has 0 aliphatic carbocycles. The molecule has 0 heterocycles. The van der Waals surface area contributed by atoms with E-state index in [4.69, 9.17) is 9.84 Å². The van der Waals surface area contributed by atoms with Crippen molar-refractivity contribution < 1.29 is 19.7 Å². The van der Waals surface area contributed by atoms with Crippen molar-refractivity contribution in [1.82, 2.24) is 4.90 Å². The molecule has 1 unspecified atom stereocenters. The van der Waals surface area contributed by atoms with Crippen molar-refractivity contribution in [1.29, 1.82) is 0 Å². The van der Waals surface area contributed by atoms with Crippen molar-refractivity contribution in [2.75, 3.05) is 20.2 Å². The SMILES string of the molecule is CCN(CC(=O)O)C(C)c1ccc(O)c(OC)c1. The Balaban J connectivity index is 2.94. The molecule has 0 saturated carbocycles. The summed E-state index contributed by atoms with van der Waals surface area (Å²) in [6.45, 7) is 4.47. The number of carboxylic acid groups (broad SMARTS) is 1. The molecule has 0 aromatic heterocycles. The van der Waals surface area contributed by atoms with E-state index in [9.17, 15) is 9.90 Å². The first-order valence-corrected chi connectivity index (χ1v) is 5.82. The number of aromatic hydroxyl groups is 1. The van der Waals surface area contributed by atoms with E-state index < -0.39 is 5.97 Å². The molecule has 0 aliphatic heterocycles. The van der Waals surface area contributed by atoms with Crippen LogP contribution in [0.3, 0.4) is 0 Å². The number of phenols is 1. The molecule has 100 valence electrons. The largest absolute Gasteiger partial charge is 0.504 e. The predicted octanol–water partition coefficient (Wildman–Crippen LogP) is 1.87. The number of methoxy groups -OCH3 is 1. The van der Waals surface area contributed by atoms with Crippen molar-refractivity contribution in [2.24, 2.45) is 0 Å². The molecule has 5 nitrogen and oxygen atoms in total. The second-order valence-corrected chi connectivity index (χ2v) is 4.06. The smallest absolute Gasteiger partial charge is 0.317 e. The molecule has 0 fully saturated rings. The number of aliphatic carboxylic acids is 1. The van der Waals surface area contributed by atoms with Crippen molar-refractivity contribution in [3.05, 3.63) is 23.8 Å². The number of ether oxygens (including phenoxy) is 1. The summed E-state index contributed by atoms with van der Waals surface area (Å²) in [5.41, 5.74) is 0.910. The van der Waals surface area contributed by atoms with Gasteiger partial charge in [-0.25, -0.2) is 0 Å². The molecule has 0 amide bonds. The van der Waals surface area contributed by atoms with Crippen LogP contribution in [-0.4, -0.2) is 41.3 Å². The van der Waals surface area contributed by atoms with Gasteiger partial charge in [-0.1, -0.05) is 13.0 Å². The van der Waals surface area contributed by atoms with Crippen molar-refractivity contribution in [3.8, 4) is 11.5 Å². The van der Waals surface area contributed by atoms with E-state index in [1.54, 1.807) is 18.2 Å². The summed E-state index contributed by atoms with van der Waals surface area (Å²) in [7, 11) is 1.48. The average Bonchev–Trinajstić information content (AvgIpc) is 2.35. The van der Waals surface area contributed by atoms with Crippen LogP contribution in [0.2, 0.25) is 0 Å². The predicted molar refractivity (Wildman–Crippen MR) is 68.0 cm³/mol. The normalized spacial score (nSPS) is 12.4. The minimum Gasteiger partial charge on any atom is -0.504 e. The summed E-state index contributed by atoms with van der Waals surface area (Å²) >= 11 is 0. The number of likely N-dealkylation sites (N-methyl/N-ethyl adjacent to an activating group) is 1. The molecule has 0 saturated heterocycles. The van der Waals surface area contributed by atoms with Crippen molar-refractivity contribution in [3.63, 3.8) is 0 Å². The van der Waals surface area contributed by atoms with Gasteiger partial charge in [0.1, 0.15) is 0 Å². The van der Waals surface area contributed by atoms with E-state index in [2.05, 4.69) is 0 Å². The summed E-state index contributed by atoms with van der Waals surface area (Å²) in [5.74, 6) is -0.380. The number of benzene rings is 1. The zero-order chi connectivity index (χ0) is 13.7. The average molecular weight is 253 g/mol. The van der Waals surface area contributed by atoms with Crippen molar-refractivity contribution >= 4 is 5.97 Å². The number of hydrogen-bond acceptors (Lipinski definition) is 4. The van der Waals surface area contributed by atoms with Crippen LogP contribution in [0.25, 0.3) is 0 Å². The van der Waals surface area contributed by atoms with Crippen LogP contribution in [0.4, 0.5) is 0 Å². The summed E-state index contributed by atoms with van der Waals surface area (Å²) in [4.78, 5) is 12.6. The first-order valence-electron chi connectivity index (χ1n) is 5.82. The molecule has 0 bridgehead atoms. The monoisotopic (exact) mass is 253 g/mol. The molecule has 18 heavy (non-hydrogen) atoms. The van der Waals surface area contributed by atoms with E-state index in [0.29, 0.717) is 12.3 Å². The molecule has 1 rings (SSSR count). The molecule has 0 radical (unpaired) electrons. The summed E-state index contributed by atoms with van der Waals surface area (Å²) in [5, 5.41) is 18.4. The van der Waals surface area contributed by atoms with Crippen LogP contribution in [0.1, 0.15) is 25.5 Å². The highest BCUT2D eigenvalue weighted by atomic mass is 16.5. The number of rotatable bonds is 6. The fraction of sp³-hybridized carbons (Fsp3) is 0.462. The minimum absolute atomic E-state index is 0.0130. The lowest BCUT2D eigenvalue weighted by Crippen LogP contribution is -2.32. The maximum Gasteiger partial charge on any atom is 0.317 e. The molecule has 0 spiro atoms.